The van der Waals surface area contributed by atoms with Gasteiger partial charge in [0.1, 0.15) is 23.2 Å². The minimum atomic E-state index is -1.11. The van der Waals surface area contributed by atoms with Crippen molar-refractivity contribution < 1.29 is 24.2 Å². The van der Waals surface area contributed by atoms with Crippen molar-refractivity contribution in [2.45, 2.75) is 26.3 Å². The van der Waals surface area contributed by atoms with Crippen LogP contribution in [0, 0.1) is 5.92 Å². The van der Waals surface area contributed by atoms with Crippen LogP contribution in [0.25, 0.3) is 0 Å². The number of aromatic nitrogens is 1. The van der Waals surface area contributed by atoms with E-state index >= 15 is 0 Å². The van der Waals surface area contributed by atoms with Gasteiger partial charge in [-0.25, -0.2) is 4.79 Å². The van der Waals surface area contributed by atoms with Gasteiger partial charge in [-0.1, -0.05) is 32.0 Å². The molecule has 2 rings (SSSR count). The molecule has 2 amide bonds. The van der Waals surface area contributed by atoms with E-state index in [0.717, 1.165) is 0 Å². The second kappa shape index (κ2) is 10.1. The molecule has 2 aromatic rings. The highest BCUT2D eigenvalue weighted by atomic mass is 16.5. The molecule has 0 aliphatic heterocycles. The highest BCUT2D eigenvalue weighted by Crippen LogP contribution is 2.20. The first-order valence-electron chi connectivity index (χ1n) is 8.84. The Labute approximate surface area is 162 Å². The van der Waals surface area contributed by atoms with Gasteiger partial charge in [0.15, 0.2) is 0 Å². The highest BCUT2D eigenvalue weighted by molar-refractivity contribution is 5.95. The lowest BCUT2D eigenvalue weighted by Gasteiger charge is -2.16. The van der Waals surface area contributed by atoms with Gasteiger partial charge in [0.05, 0.1) is 6.54 Å². The number of nitrogens with zero attached hydrogens (tertiary/aromatic N) is 1. The number of carbonyl (C=O) groups excluding carboxylic acids is 2. The fourth-order valence-corrected chi connectivity index (χ4v) is 2.41. The number of para-hydroxylation sites is 1. The van der Waals surface area contributed by atoms with E-state index in [1.165, 1.54) is 12.3 Å². The molecule has 0 bridgehead atoms. The summed E-state index contributed by atoms with van der Waals surface area (Å²) in [6.07, 6.45) is 1.73. The van der Waals surface area contributed by atoms with Crippen LogP contribution in [0.15, 0.2) is 48.7 Å². The number of nitrogens with one attached hydrogen (secondary N) is 2. The van der Waals surface area contributed by atoms with Crippen LogP contribution in [0.3, 0.4) is 0 Å². The van der Waals surface area contributed by atoms with E-state index in [4.69, 9.17) is 9.84 Å². The molecule has 8 nitrogen and oxygen atoms in total. The standard InChI is InChI=1S/C20H23N3O5/c1-13(2)10-17(20(26)27)23-18(24)12-22-19(25)16-11-15(8-9-21-16)28-14-6-4-3-5-7-14/h3-9,11,13,17H,10,12H2,1-2H3,(H,22,25)(H,23,24)(H,26,27)/t17-/m0/s1. The number of carboxylic acid groups (broad SMARTS) is 1. The molecule has 0 saturated heterocycles. The molecule has 28 heavy (non-hydrogen) atoms. The van der Waals surface area contributed by atoms with Crippen LogP contribution in [0.5, 0.6) is 11.5 Å². The molecule has 0 aliphatic rings. The number of carbonyl (C=O) groups is 3. The van der Waals surface area contributed by atoms with Crippen LogP contribution < -0.4 is 15.4 Å². The Balaban J connectivity index is 1.91. The Morgan fingerprint density at radius 3 is 2.46 bits per heavy atom. The Morgan fingerprint density at radius 1 is 1.11 bits per heavy atom. The molecule has 3 N–H and O–H groups in total. The summed E-state index contributed by atoms with van der Waals surface area (Å²) in [7, 11) is 0. The molecule has 148 valence electrons. The summed E-state index contributed by atoms with van der Waals surface area (Å²) in [5.41, 5.74) is 0.0817. The Kier molecular flexibility index (Phi) is 7.50. The maximum absolute atomic E-state index is 12.2. The number of hydrogen-bond acceptors (Lipinski definition) is 5. The average Bonchev–Trinajstić information content (AvgIpc) is 2.66. The SMILES string of the molecule is CC(C)C[C@H](NC(=O)CNC(=O)c1cc(Oc2ccccc2)ccn1)C(=O)O. The third-order valence-corrected chi connectivity index (χ3v) is 3.69. The molecule has 1 aromatic carbocycles. The number of rotatable bonds is 9. The monoisotopic (exact) mass is 385 g/mol. The number of carboxylic acids is 1. The fraction of sp³-hybridized carbons (Fsp3) is 0.300. The summed E-state index contributed by atoms with van der Waals surface area (Å²) >= 11 is 0. The molecule has 0 saturated carbocycles. The summed E-state index contributed by atoms with van der Waals surface area (Å²) in [5, 5.41) is 14.0. The van der Waals surface area contributed by atoms with Crippen molar-refractivity contribution in [1.82, 2.24) is 15.6 Å². The van der Waals surface area contributed by atoms with E-state index in [-0.39, 0.29) is 18.2 Å². The van der Waals surface area contributed by atoms with E-state index < -0.39 is 23.8 Å². The molecule has 1 aromatic heterocycles. The predicted octanol–water partition coefficient (Wildman–Crippen LogP) is 2.22. The summed E-state index contributed by atoms with van der Waals surface area (Å²) in [4.78, 5) is 39.3. The van der Waals surface area contributed by atoms with Crippen molar-refractivity contribution in [1.29, 1.82) is 0 Å². The number of aliphatic carboxylic acids is 1. The van der Waals surface area contributed by atoms with E-state index in [1.54, 1.807) is 18.2 Å². The zero-order chi connectivity index (χ0) is 20.5. The molecule has 1 atom stereocenters. The number of benzene rings is 1. The Bertz CT molecular complexity index is 824. The van der Waals surface area contributed by atoms with Crippen LogP contribution in [0.4, 0.5) is 0 Å². The van der Waals surface area contributed by atoms with Gasteiger partial charge < -0.3 is 20.5 Å². The lowest BCUT2D eigenvalue weighted by molar-refractivity contribution is -0.142. The largest absolute Gasteiger partial charge is 0.480 e. The van der Waals surface area contributed by atoms with Gasteiger partial charge in [0.25, 0.3) is 5.91 Å². The van der Waals surface area contributed by atoms with Crippen LogP contribution in [0.2, 0.25) is 0 Å². The van der Waals surface area contributed by atoms with Gasteiger partial charge >= 0.3 is 5.97 Å². The van der Waals surface area contributed by atoms with E-state index in [9.17, 15) is 14.4 Å². The minimum Gasteiger partial charge on any atom is -0.480 e. The fourth-order valence-electron chi connectivity index (χ4n) is 2.41. The molecule has 0 aliphatic carbocycles. The summed E-state index contributed by atoms with van der Waals surface area (Å²) in [6.45, 7) is 3.37. The molecule has 0 radical (unpaired) electrons. The maximum Gasteiger partial charge on any atom is 0.326 e. The van der Waals surface area contributed by atoms with Crippen LogP contribution in [-0.2, 0) is 9.59 Å². The zero-order valence-corrected chi connectivity index (χ0v) is 15.7. The smallest absolute Gasteiger partial charge is 0.326 e. The first-order chi connectivity index (χ1) is 13.3. The van der Waals surface area contributed by atoms with Gasteiger partial charge in [-0.05, 0) is 30.5 Å². The number of ether oxygens (including phenoxy) is 1. The van der Waals surface area contributed by atoms with Crippen LogP contribution >= 0.6 is 0 Å². The molecule has 0 fully saturated rings. The van der Waals surface area contributed by atoms with Crippen molar-refractivity contribution >= 4 is 17.8 Å². The lowest BCUT2D eigenvalue weighted by Crippen LogP contribution is -2.46. The molecular weight excluding hydrogens is 362 g/mol. The molecule has 0 spiro atoms. The van der Waals surface area contributed by atoms with Crippen molar-refractivity contribution in [2.24, 2.45) is 5.92 Å². The van der Waals surface area contributed by atoms with Gasteiger partial charge in [0, 0.05) is 12.3 Å². The molecule has 1 heterocycles. The first-order valence-corrected chi connectivity index (χ1v) is 8.84. The highest BCUT2D eigenvalue weighted by Gasteiger charge is 2.21. The van der Waals surface area contributed by atoms with Crippen molar-refractivity contribution in [3.05, 3.63) is 54.4 Å². The summed E-state index contributed by atoms with van der Waals surface area (Å²) in [5.74, 6) is -1.11. The van der Waals surface area contributed by atoms with Crippen LogP contribution in [0.1, 0.15) is 30.8 Å². The van der Waals surface area contributed by atoms with Crippen LogP contribution in [-0.4, -0.2) is 40.5 Å². The van der Waals surface area contributed by atoms with Crippen molar-refractivity contribution in [3.63, 3.8) is 0 Å². The second-order valence-electron chi connectivity index (χ2n) is 6.56. The third-order valence-electron chi connectivity index (χ3n) is 3.69. The van der Waals surface area contributed by atoms with E-state index in [2.05, 4.69) is 15.6 Å². The maximum atomic E-state index is 12.2. The topological polar surface area (TPSA) is 118 Å². The minimum absolute atomic E-state index is 0.0817. The third kappa shape index (κ3) is 6.71. The van der Waals surface area contributed by atoms with Crippen molar-refractivity contribution in [2.75, 3.05) is 6.54 Å². The normalized spacial score (nSPS) is 11.5. The molecular formula is C20H23N3O5. The Hall–Kier alpha value is -3.42. The summed E-state index contributed by atoms with van der Waals surface area (Å²) in [6, 6.07) is 11.1. The lowest BCUT2D eigenvalue weighted by atomic mass is 10.0. The molecule has 8 heteroatoms. The zero-order valence-electron chi connectivity index (χ0n) is 15.7. The molecule has 0 unspecified atom stereocenters. The van der Waals surface area contributed by atoms with E-state index in [0.29, 0.717) is 17.9 Å². The average molecular weight is 385 g/mol. The predicted molar refractivity (Wildman–Crippen MR) is 102 cm³/mol. The first kappa shape index (κ1) is 20.9. The van der Waals surface area contributed by atoms with Gasteiger partial charge in [0.2, 0.25) is 5.91 Å². The van der Waals surface area contributed by atoms with Gasteiger partial charge in [-0.2, -0.15) is 0 Å². The second-order valence-corrected chi connectivity index (χ2v) is 6.56. The number of hydrogen-bond donors (Lipinski definition) is 3. The van der Waals surface area contributed by atoms with E-state index in [1.807, 2.05) is 32.0 Å². The summed E-state index contributed by atoms with van der Waals surface area (Å²) < 4.78 is 5.65. The number of pyridine rings is 1. The Morgan fingerprint density at radius 2 is 1.82 bits per heavy atom. The van der Waals surface area contributed by atoms with Gasteiger partial charge in [-0.15, -0.1) is 0 Å². The number of amides is 2. The quantitative estimate of drug-likeness (QED) is 0.609. The van der Waals surface area contributed by atoms with Crippen molar-refractivity contribution in [3.8, 4) is 11.5 Å². The van der Waals surface area contributed by atoms with Gasteiger partial charge in [-0.3, -0.25) is 14.6 Å².